The molecule has 0 saturated carbocycles. The van der Waals surface area contributed by atoms with Gasteiger partial charge in [-0.25, -0.2) is 0 Å². The molecule has 0 aliphatic carbocycles. The van der Waals surface area contributed by atoms with Gasteiger partial charge in [0.25, 0.3) is 11.7 Å². The Labute approximate surface area is 228 Å². The number of rotatable bonds is 10. The van der Waals surface area contributed by atoms with Gasteiger partial charge >= 0.3 is 0 Å². The zero-order chi connectivity index (χ0) is 28.1. The second-order valence-corrected chi connectivity index (χ2v) is 9.44. The Morgan fingerprint density at radius 3 is 2.28 bits per heavy atom. The summed E-state index contributed by atoms with van der Waals surface area (Å²) in [6, 6.07) is 17.9. The first-order valence-electron chi connectivity index (χ1n) is 12.8. The average molecular weight is 532 g/mol. The van der Waals surface area contributed by atoms with Crippen molar-refractivity contribution < 1.29 is 33.6 Å². The molecule has 1 unspecified atom stereocenters. The highest BCUT2D eigenvalue weighted by molar-refractivity contribution is 6.51. The first kappa shape index (κ1) is 27.6. The fourth-order valence-corrected chi connectivity index (χ4v) is 4.44. The van der Waals surface area contributed by atoms with E-state index in [0.717, 1.165) is 0 Å². The molecule has 0 radical (unpaired) electrons. The van der Waals surface area contributed by atoms with Gasteiger partial charge in [-0.1, -0.05) is 32.0 Å². The van der Waals surface area contributed by atoms with Crippen molar-refractivity contribution in [2.75, 3.05) is 32.3 Å². The summed E-state index contributed by atoms with van der Waals surface area (Å²) >= 11 is 0. The fraction of sp³-hybridized carbons (Fsp3) is 0.290. The molecule has 4 rings (SSSR count). The fourth-order valence-electron chi connectivity index (χ4n) is 4.44. The van der Waals surface area contributed by atoms with Gasteiger partial charge in [-0.05, 0) is 66.9 Å². The molecular formula is C31H33NO7. The highest BCUT2D eigenvalue weighted by Gasteiger charge is 2.47. The predicted octanol–water partition coefficient (Wildman–Crippen LogP) is 5.76. The molecule has 8 heteroatoms. The smallest absolute Gasteiger partial charge is 0.300 e. The number of hydrogen-bond acceptors (Lipinski definition) is 7. The molecule has 204 valence electrons. The molecule has 0 aromatic heterocycles. The third kappa shape index (κ3) is 5.70. The molecule has 1 N–H and O–H groups in total. The van der Waals surface area contributed by atoms with Crippen molar-refractivity contribution in [3.63, 3.8) is 0 Å². The molecule has 39 heavy (non-hydrogen) atoms. The number of ketones is 1. The summed E-state index contributed by atoms with van der Waals surface area (Å²) in [6.07, 6.45) is 0. The van der Waals surface area contributed by atoms with Gasteiger partial charge in [0.1, 0.15) is 17.3 Å². The first-order chi connectivity index (χ1) is 18.8. The number of methoxy groups -OCH3 is 2. The standard InChI is InChI=1S/C31H33NO7/c1-6-38-26-17-20(10-15-25(26)37-5)28-27(29(33)21-8-7-9-24(16-21)39-18-19(2)3)30(34)31(35)32(28)22-11-13-23(36-4)14-12-22/h7-17,19,28,33H,6,18H2,1-5H3/b29-27-. The molecule has 1 fully saturated rings. The number of carbonyl (C=O) groups is 2. The number of aliphatic hydroxyl groups is 1. The summed E-state index contributed by atoms with van der Waals surface area (Å²) < 4.78 is 22.3. The Kier molecular flexibility index (Phi) is 8.44. The van der Waals surface area contributed by atoms with Gasteiger partial charge in [0.15, 0.2) is 11.5 Å². The van der Waals surface area contributed by atoms with Crippen molar-refractivity contribution in [1.82, 2.24) is 0 Å². The van der Waals surface area contributed by atoms with Crippen molar-refractivity contribution in [3.8, 4) is 23.0 Å². The van der Waals surface area contributed by atoms with Crippen LogP contribution in [0.3, 0.4) is 0 Å². The number of Topliss-reactive ketones (excluding diaryl/α,β-unsaturated/α-hetero) is 1. The summed E-state index contributed by atoms with van der Waals surface area (Å²) in [5, 5.41) is 11.5. The third-order valence-corrected chi connectivity index (χ3v) is 6.29. The SMILES string of the molecule is CCOc1cc(C2/C(=C(/O)c3cccc(OCC(C)C)c3)C(=O)C(=O)N2c2ccc(OC)cc2)ccc1OC. The Balaban J connectivity index is 1.89. The highest BCUT2D eigenvalue weighted by atomic mass is 16.5. The molecule has 0 spiro atoms. The minimum Gasteiger partial charge on any atom is -0.507 e. The lowest BCUT2D eigenvalue weighted by atomic mass is 9.94. The maximum absolute atomic E-state index is 13.5. The number of aliphatic hydroxyl groups excluding tert-OH is 1. The summed E-state index contributed by atoms with van der Waals surface area (Å²) in [4.78, 5) is 28.4. The molecule has 1 saturated heterocycles. The van der Waals surface area contributed by atoms with Gasteiger partial charge < -0.3 is 24.1 Å². The van der Waals surface area contributed by atoms with E-state index in [1.165, 1.54) is 12.0 Å². The van der Waals surface area contributed by atoms with Crippen molar-refractivity contribution in [3.05, 3.63) is 83.4 Å². The average Bonchev–Trinajstić information content (AvgIpc) is 3.21. The zero-order valence-electron chi connectivity index (χ0n) is 22.8. The maximum atomic E-state index is 13.5. The number of anilines is 1. The van der Waals surface area contributed by atoms with Crippen molar-refractivity contribution in [1.29, 1.82) is 0 Å². The van der Waals surface area contributed by atoms with Crippen molar-refractivity contribution in [2.45, 2.75) is 26.8 Å². The Morgan fingerprint density at radius 2 is 1.64 bits per heavy atom. The number of amides is 1. The molecule has 3 aromatic carbocycles. The molecule has 1 amide bonds. The van der Waals surface area contributed by atoms with Crippen LogP contribution in [0.2, 0.25) is 0 Å². The minimum atomic E-state index is -0.927. The van der Waals surface area contributed by atoms with Crippen LogP contribution in [0.1, 0.15) is 37.9 Å². The van der Waals surface area contributed by atoms with Crippen LogP contribution in [0.5, 0.6) is 23.0 Å². The number of benzene rings is 3. The molecule has 8 nitrogen and oxygen atoms in total. The topological polar surface area (TPSA) is 94.5 Å². The lowest BCUT2D eigenvalue weighted by Gasteiger charge is -2.26. The summed E-state index contributed by atoms with van der Waals surface area (Å²) in [7, 11) is 3.09. The van der Waals surface area contributed by atoms with Crippen LogP contribution in [0.25, 0.3) is 5.76 Å². The minimum absolute atomic E-state index is 0.0376. The van der Waals surface area contributed by atoms with Gasteiger partial charge in [0.05, 0.1) is 39.0 Å². The van der Waals surface area contributed by atoms with E-state index in [-0.39, 0.29) is 11.3 Å². The second kappa shape index (κ2) is 11.9. The van der Waals surface area contributed by atoms with E-state index in [1.807, 2.05) is 20.8 Å². The maximum Gasteiger partial charge on any atom is 0.300 e. The van der Waals surface area contributed by atoms with Crippen LogP contribution in [0.15, 0.2) is 72.3 Å². The zero-order valence-corrected chi connectivity index (χ0v) is 22.8. The third-order valence-electron chi connectivity index (χ3n) is 6.29. The Morgan fingerprint density at radius 1 is 0.897 bits per heavy atom. The predicted molar refractivity (Wildman–Crippen MR) is 149 cm³/mol. The van der Waals surface area contributed by atoms with E-state index < -0.39 is 17.7 Å². The highest BCUT2D eigenvalue weighted by Crippen LogP contribution is 2.44. The molecule has 3 aromatic rings. The quantitative estimate of drug-likeness (QED) is 0.202. The summed E-state index contributed by atoms with van der Waals surface area (Å²) in [6.45, 7) is 6.81. The van der Waals surface area contributed by atoms with Crippen molar-refractivity contribution in [2.24, 2.45) is 5.92 Å². The largest absolute Gasteiger partial charge is 0.507 e. The number of nitrogens with zero attached hydrogens (tertiary/aromatic N) is 1. The number of carbonyl (C=O) groups excluding carboxylic acids is 2. The van der Waals surface area contributed by atoms with Crippen LogP contribution in [0, 0.1) is 5.92 Å². The Bertz CT molecular complexity index is 1380. The van der Waals surface area contributed by atoms with Crippen molar-refractivity contribution >= 4 is 23.1 Å². The van der Waals surface area contributed by atoms with E-state index >= 15 is 0 Å². The van der Waals surface area contributed by atoms with Crippen LogP contribution in [-0.4, -0.2) is 44.2 Å². The van der Waals surface area contributed by atoms with E-state index in [0.29, 0.717) is 58.9 Å². The molecule has 1 aliphatic rings. The molecule has 1 heterocycles. The molecule has 1 atom stereocenters. The van der Waals surface area contributed by atoms with Crippen LogP contribution in [-0.2, 0) is 9.59 Å². The summed E-state index contributed by atoms with van der Waals surface area (Å²) in [5.74, 6) is 0.594. The number of hydrogen-bond donors (Lipinski definition) is 1. The lowest BCUT2D eigenvalue weighted by molar-refractivity contribution is -0.132. The van der Waals surface area contributed by atoms with Gasteiger partial charge in [-0.15, -0.1) is 0 Å². The number of ether oxygens (including phenoxy) is 4. The molecule has 0 bridgehead atoms. The van der Waals surface area contributed by atoms with Gasteiger partial charge in [0, 0.05) is 11.3 Å². The van der Waals surface area contributed by atoms with E-state index in [4.69, 9.17) is 18.9 Å². The summed E-state index contributed by atoms with van der Waals surface area (Å²) in [5.41, 5.74) is 1.38. The van der Waals surface area contributed by atoms with Gasteiger partial charge in [0.2, 0.25) is 0 Å². The van der Waals surface area contributed by atoms with E-state index in [2.05, 4.69) is 0 Å². The monoisotopic (exact) mass is 531 g/mol. The van der Waals surface area contributed by atoms with E-state index in [1.54, 1.807) is 73.8 Å². The van der Waals surface area contributed by atoms with Gasteiger partial charge in [-0.3, -0.25) is 14.5 Å². The van der Waals surface area contributed by atoms with Crippen LogP contribution < -0.4 is 23.8 Å². The van der Waals surface area contributed by atoms with Gasteiger partial charge in [-0.2, -0.15) is 0 Å². The first-order valence-corrected chi connectivity index (χ1v) is 12.8. The second-order valence-electron chi connectivity index (χ2n) is 9.44. The van der Waals surface area contributed by atoms with Crippen LogP contribution in [0.4, 0.5) is 5.69 Å². The van der Waals surface area contributed by atoms with Crippen LogP contribution >= 0.6 is 0 Å². The normalized spacial score (nSPS) is 16.5. The molecular weight excluding hydrogens is 498 g/mol. The lowest BCUT2D eigenvalue weighted by Crippen LogP contribution is -2.29. The van der Waals surface area contributed by atoms with E-state index in [9.17, 15) is 14.7 Å². The Hall–Kier alpha value is -4.46. The molecule has 1 aliphatic heterocycles.